The molecule has 252 valence electrons. The third-order valence-corrected chi connectivity index (χ3v) is 8.71. The van der Waals surface area contributed by atoms with Gasteiger partial charge in [0.15, 0.2) is 6.61 Å². The minimum absolute atomic E-state index is 0.0110. The number of piperazine rings is 1. The summed E-state index contributed by atoms with van der Waals surface area (Å²) in [5.74, 6) is 0.629. The predicted molar refractivity (Wildman–Crippen MR) is 173 cm³/mol. The van der Waals surface area contributed by atoms with E-state index in [1.165, 1.54) is 6.42 Å². The van der Waals surface area contributed by atoms with Crippen molar-refractivity contribution in [2.24, 2.45) is 4.99 Å². The summed E-state index contributed by atoms with van der Waals surface area (Å²) in [4.78, 5) is 36.0. The Morgan fingerprint density at radius 1 is 0.896 bits per heavy atom. The molecular weight excluding hydrogens is 625 g/mol. The molecule has 1 aromatic heterocycles. The van der Waals surface area contributed by atoms with Gasteiger partial charge in [-0.25, -0.2) is 0 Å². The molecule has 2 saturated heterocycles. The van der Waals surface area contributed by atoms with E-state index < -0.39 is 24.3 Å². The summed E-state index contributed by atoms with van der Waals surface area (Å²) < 4.78 is 43.7. The van der Waals surface area contributed by atoms with Crippen molar-refractivity contribution in [3.05, 3.63) is 65.2 Å². The van der Waals surface area contributed by atoms with Crippen LogP contribution in [0.25, 0.3) is 0 Å². The van der Waals surface area contributed by atoms with E-state index in [-0.39, 0.29) is 17.8 Å². The maximum Gasteiger partial charge on any atom is 0.422 e. The van der Waals surface area contributed by atoms with E-state index in [2.05, 4.69) is 40.4 Å². The number of likely N-dealkylation sites (tertiary alicyclic amines) is 1. The van der Waals surface area contributed by atoms with Crippen molar-refractivity contribution in [1.29, 1.82) is 5.26 Å². The normalized spacial score (nSPS) is 17.8. The van der Waals surface area contributed by atoms with Crippen LogP contribution in [0.2, 0.25) is 0 Å². The molecule has 1 saturated carbocycles. The molecule has 15 heteroatoms. The second kappa shape index (κ2) is 13.9. The minimum atomic E-state index is -4.57. The van der Waals surface area contributed by atoms with Gasteiger partial charge in [0, 0.05) is 50.5 Å². The Kier molecular flexibility index (Phi) is 9.51. The molecule has 0 unspecified atom stereocenters. The van der Waals surface area contributed by atoms with Crippen LogP contribution in [0.5, 0.6) is 6.01 Å². The second-order valence-electron chi connectivity index (χ2n) is 12.3. The summed E-state index contributed by atoms with van der Waals surface area (Å²) >= 11 is 0. The van der Waals surface area contributed by atoms with Gasteiger partial charge in [-0.15, -0.1) is 4.99 Å². The number of carbonyl (C=O) groups is 1. The van der Waals surface area contributed by atoms with E-state index in [1.807, 2.05) is 37.4 Å². The number of nitrogens with one attached hydrogen (secondary N) is 2. The van der Waals surface area contributed by atoms with E-state index >= 15 is 0 Å². The Bertz CT molecular complexity index is 1660. The fourth-order valence-electron chi connectivity index (χ4n) is 5.97. The number of halogens is 3. The number of nitriles is 1. The maximum atomic E-state index is 13.3. The Hall–Kier alpha value is -5.13. The van der Waals surface area contributed by atoms with Gasteiger partial charge in [-0.1, -0.05) is 29.8 Å². The van der Waals surface area contributed by atoms with Crippen molar-refractivity contribution in [3.63, 3.8) is 0 Å². The van der Waals surface area contributed by atoms with Crippen LogP contribution in [-0.2, 0) is 5.54 Å². The first kappa shape index (κ1) is 32.8. The van der Waals surface area contributed by atoms with Gasteiger partial charge < -0.3 is 30.1 Å². The number of hydrogen-bond acceptors (Lipinski definition) is 9. The van der Waals surface area contributed by atoms with E-state index in [9.17, 15) is 23.2 Å². The molecule has 3 aliphatic rings. The molecule has 0 atom stereocenters. The number of benzene rings is 2. The highest BCUT2D eigenvalue weighted by atomic mass is 19.4. The van der Waals surface area contributed by atoms with Crippen molar-refractivity contribution in [2.75, 3.05) is 56.5 Å². The molecule has 2 aromatic carbocycles. The summed E-state index contributed by atoms with van der Waals surface area (Å²) in [7, 11) is 0. The summed E-state index contributed by atoms with van der Waals surface area (Å²) in [5, 5.41) is 15.5. The molecule has 1 aliphatic carbocycles. The lowest BCUT2D eigenvalue weighted by Crippen LogP contribution is -2.55. The number of nitrogens with zero attached hydrogens (tertiary/aromatic N) is 8. The molecule has 1 amide bonds. The minimum Gasteiger partial charge on any atom is -0.454 e. The Labute approximate surface area is 276 Å². The van der Waals surface area contributed by atoms with Crippen LogP contribution < -0.4 is 15.4 Å². The first-order valence-corrected chi connectivity index (χ1v) is 16.0. The van der Waals surface area contributed by atoms with Crippen LogP contribution in [0, 0.1) is 18.4 Å². The quantitative estimate of drug-likeness (QED) is 0.192. The number of alkyl halides is 3. The van der Waals surface area contributed by atoms with Crippen LogP contribution >= 0.6 is 0 Å². The zero-order valence-electron chi connectivity index (χ0n) is 26.6. The predicted octanol–water partition coefficient (Wildman–Crippen LogP) is 5.05. The zero-order chi connectivity index (χ0) is 33.7. The molecule has 12 nitrogen and oxygen atoms in total. The fraction of sp³-hybridized carbons (Fsp3) is 0.455. The first-order valence-electron chi connectivity index (χ1n) is 16.0. The monoisotopic (exact) mass is 662 g/mol. The van der Waals surface area contributed by atoms with Gasteiger partial charge in [-0.3, -0.25) is 4.79 Å². The zero-order valence-corrected chi connectivity index (χ0v) is 26.6. The number of guanidine groups is 1. The number of piperidine rings is 1. The third kappa shape index (κ3) is 8.04. The number of rotatable bonds is 8. The van der Waals surface area contributed by atoms with Gasteiger partial charge >= 0.3 is 12.2 Å². The van der Waals surface area contributed by atoms with Crippen LogP contribution in [0.1, 0.15) is 53.6 Å². The number of aliphatic imine (C=N–C) groups is 1. The highest BCUT2D eigenvalue weighted by Gasteiger charge is 2.45. The molecule has 0 bridgehead atoms. The smallest absolute Gasteiger partial charge is 0.422 e. The lowest BCUT2D eigenvalue weighted by atomic mass is 10.0. The van der Waals surface area contributed by atoms with Crippen LogP contribution in [0.15, 0.2) is 53.5 Å². The summed E-state index contributed by atoms with van der Waals surface area (Å²) in [6, 6.07) is 14.3. The SMILES string of the molecule is Cc1ccc(C2(Nc3nc(Nc4ccc(C(=O)N5CCN(C(=NC#N)N6CCCCC6)CC5)cc4)nc(OCC(F)(F)F)n3)CC2)cc1. The van der Waals surface area contributed by atoms with E-state index in [0.717, 1.165) is 49.9 Å². The number of carbonyl (C=O) groups excluding carboxylic acids is 1. The van der Waals surface area contributed by atoms with Gasteiger partial charge in [0.25, 0.3) is 5.91 Å². The van der Waals surface area contributed by atoms with Gasteiger partial charge in [-0.2, -0.15) is 33.4 Å². The molecule has 0 radical (unpaired) electrons. The molecule has 48 heavy (non-hydrogen) atoms. The molecule has 6 rings (SSSR count). The number of anilines is 3. The van der Waals surface area contributed by atoms with Crippen molar-refractivity contribution >= 4 is 29.5 Å². The van der Waals surface area contributed by atoms with E-state index in [1.54, 1.807) is 29.2 Å². The number of aromatic nitrogens is 3. The topological polar surface area (TPSA) is 135 Å². The van der Waals surface area contributed by atoms with Crippen LogP contribution in [0.4, 0.5) is 30.8 Å². The Morgan fingerprint density at radius 3 is 2.15 bits per heavy atom. The van der Waals surface area contributed by atoms with Crippen molar-refractivity contribution in [2.45, 2.75) is 50.7 Å². The van der Waals surface area contributed by atoms with Crippen molar-refractivity contribution < 1.29 is 22.7 Å². The Balaban J connectivity index is 1.11. The van der Waals surface area contributed by atoms with Gasteiger partial charge in [-0.05, 0) is 68.9 Å². The summed E-state index contributed by atoms with van der Waals surface area (Å²) in [5.41, 5.74) is 2.72. The standard InChI is InChI=1S/C33H37F3N10O2/c1-23-5-9-25(10-6-23)32(13-14-32)43-29-40-28(41-30(42-29)48-21-33(34,35)36)39-26-11-7-24(8-12-26)27(47)44-17-19-46(20-18-44)31(38-22-37)45-15-3-2-4-16-45/h5-12H,2-4,13-21H2,1H3,(H2,39,40,41,42,43). The second-order valence-corrected chi connectivity index (χ2v) is 12.3. The van der Waals surface area contributed by atoms with Gasteiger partial charge in [0.2, 0.25) is 24.0 Å². The van der Waals surface area contributed by atoms with Crippen LogP contribution in [-0.4, -0.2) is 93.6 Å². The molecule has 0 spiro atoms. The average Bonchev–Trinajstić information content (AvgIpc) is 3.87. The highest BCUT2D eigenvalue weighted by molar-refractivity contribution is 5.95. The number of ether oxygens (including phenoxy) is 1. The summed E-state index contributed by atoms with van der Waals surface area (Å²) in [6.07, 6.45) is 2.29. The molecule has 2 N–H and O–H groups in total. The Morgan fingerprint density at radius 2 is 1.52 bits per heavy atom. The molecular formula is C33H37F3N10O2. The molecule has 3 fully saturated rings. The first-order chi connectivity index (χ1) is 23.1. The molecule has 2 aliphatic heterocycles. The van der Waals surface area contributed by atoms with Crippen molar-refractivity contribution in [1.82, 2.24) is 29.7 Å². The summed E-state index contributed by atoms with van der Waals surface area (Å²) in [6.45, 7) is 4.32. The lowest BCUT2D eigenvalue weighted by molar-refractivity contribution is -0.154. The van der Waals surface area contributed by atoms with Crippen molar-refractivity contribution in [3.8, 4) is 12.2 Å². The van der Waals surface area contributed by atoms with Crippen LogP contribution in [0.3, 0.4) is 0 Å². The van der Waals surface area contributed by atoms with E-state index in [4.69, 9.17) is 4.74 Å². The van der Waals surface area contributed by atoms with E-state index in [0.29, 0.717) is 43.4 Å². The lowest BCUT2D eigenvalue weighted by Gasteiger charge is -2.40. The van der Waals surface area contributed by atoms with Gasteiger partial charge in [0.05, 0.1) is 5.54 Å². The third-order valence-electron chi connectivity index (χ3n) is 8.71. The number of amides is 1. The van der Waals surface area contributed by atoms with Gasteiger partial charge in [0.1, 0.15) is 0 Å². The molecule has 3 heterocycles. The fourth-order valence-corrected chi connectivity index (χ4v) is 5.97. The largest absolute Gasteiger partial charge is 0.454 e. The maximum absolute atomic E-state index is 13.3. The number of hydrogen-bond donors (Lipinski definition) is 2. The average molecular weight is 663 g/mol. The number of aryl methyl sites for hydroxylation is 1. The highest BCUT2D eigenvalue weighted by Crippen LogP contribution is 2.48. The molecule has 3 aromatic rings.